The number of benzene rings is 12. The van der Waals surface area contributed by atoms with E-state index in [-0.39, 0.29) is 0 Å². The summed E-state index contributed by atoms with van der Waals surface area (Å²) in [7, 11) is 0. The van der Waals surface area contributed by atoms with Crippen molar-refractivity contribution in [2.75, 3.05) is 9.80 Å². The second kappa shape index (κ2) is 15.8. The lowest BCUT2D eigenvalue weighted by Gasteiger charge is -2.29. The molecule has 0 unspecified atom stereocenters. The van der Waals surface area contributed by atoms with E-state index in [2.05, 4.69) is 256 Å². The number of nitrogens with zero attached hydrogens (tertiary/aromatic N) is 2. The Morgan fingerprint density at radius 3 is 0.894 bits per heavy atom. The van der Waals surface area contributed by atoms with Gasteiger partial charge in [0.2, 0.25) is 0 Å². The van der Waals surface area contributed by atoms with E-state index in [0.717, 1.165) is 34.1 Å². The van der Waals surface area contributed by atoms with Gasteiger partial charge >= 0.3 is 0 Å². The summed E-state index contributed by atoms with van der Waals surface area (Å²) in [5.41, 5.74) is 16.5. The Hall–Kier alpha value is -8.20. The first-order chi connectivity index (χ1) is 32.3. The quantitative estimate of drug-likeness (QED) is 0.141. The molecule has 0 saturated carbocycles. The molecule has 12 aromatic rings. The maximum Gasteiger partial charge on any atom is 0.0474 e. The number of aryl methyl sites for hydroxylation is 4. The molecule has 0 aliphatic heterocycles. The molecule has 314 valence electrons. The normalized spacial score (nSPS) is 11.6. The molecule has 66 heavy (non-hydrogen) atoms. The lowest BCUT2D eigenvalue weighted by Crippen LogP contribution is -2.11. The van der Waals surface area contributed by atoms with Crippen molar-refractivity contribution in [2.45, 2.75) is 27.7 Å². The van der Waals surface area contributed by atoms with Gasteiger partial charge < -0.3 is 9.80 Å². The van der Waals surface area contributed by atoms with Gasteiger partial charge in [0, 0.05) is 34.1 Å². The Bertz CT molecular complexity index is 3420. The summed E-state index contributed by atoms with van der Waals surface area (Å²) in [5.74, 6) is 0. The molecule has 0 aromatic heterocycles. The van der Waals surface area contributed by atoms with Gasteiger partial charge in [0.05, 0.1) is 0 Å². The van der Waals surface area contributed by atoms with Gasteiger partial charge in [-0.1, -0.05) is 156 Å². The van der Waals surface area contributed by atoms with E-state index in [1.165, 1.54) is 98.4 Å². The van der Waals surface area contributed by atoms with Crippen LogP contribution in [0.25, 0.3) is 76.1 Å². The van der Waals surface area contributed by atoms with Gasteiger partial charge in [-0.2, -0.15) is 0 Å². The van der Waals surface area contributed by atoms with Gasteiger partial charge in [0.1, 0.15) is 0 Å². The number of fused-ring (bicyclic) bond motifs is 2. The standard InChI is InChI=1S/C64H48N2/c1-41-19-27-49(28-20-41)65(50-29-21-42(2)22-30-50)53-35-47-37-60(58-18-10-14-46-12-6-8-16-56(46)58)62-40-54(66(51-31-23-43(3)24-32-51)52-33-25-44(4)26-34-52)36-48-38-59(61(39-53)63(47)64(48)62)57-17-9-13-45-11-5-7-15-55(45)57/h5-40H,1-4H3. The molecular weight excluding hydrogens is 797 g/mol. The highest BCUT2D eigenvalue weighted by Gasteiger charge is 2.24. The number of anilines is 6. The van der Waals surface area contributed by atoms with Crippen molar-refractivity contribution in [2.24, 2.45) is 0 Å². The third kappa shape index (κ3) is 6.73. The van der Waals surface area contributed by atoms with Crippen molar-refractivity contribution < 1.29 is 0 Å². The molecule has 2 heteroatoms. The van der Waals surface area contributed by atoms with Crippen LogP contribution in [0.5, 0.6) is 0 Å². The van der Waals surface area contributed by atoms with E-state index >= 15 is 0 Å². The average molecular weight is 845 g/mol. The van der Waals surface area contributed by atoms with Crippen LogP contribution in [0, 0.1) is 27.7 Å². The minimum absolute atomic E-state index is 1.12. The van der Waals surface area contributed by atoms with Crippen molar-refractivity contribution in [3.05, 3.63) is 241 Å². The summed E-state index contributed by atoms with van der Waals surface area (Å²) >= 11 is 0. The summed E-state index contributed by atoms with van der Waals surface area (Å²) in [6.45, 7) is 8.63. The topological polar surface area (TPSA) is 6.48 Å². The van der Waals surface area contributed by atoms with Crippen molar-refractivity contribution in [1.82, 2.24) is 0 Å². The molecule has 0 saturated heterocycles. The molecule has 0 heterocycles. The zero-order valence-corrected chi connectivity index (χ0v) is 37.7. The third-order valence-corrected chi connectivity index (χ3v) is 13.6. The van der Waals surface area contributed by atoms with Crippen molar-refractivity contribution >= 4 is 88.0 Å². The molecule has 0 fully saturated rings. The molecule has 12 aromatic carbocycles. The predicted molar refractivity (Wildman–Crippen MR) is 284 cm³/mol. The Labute approximate surface area is 386 Å². The van der Waals surface area contributed by atoms with E-state index in [0.29, 0.717) is 0 Å². The second-order valence-electron chi connectivity index (χ2n) is 18.1. The first-order valence-corrected chi connectivity index (χ1v) is 23.0. The minimum atomic E-state index is 1.12. The first kappa shape index (κ1) is 39.4. The van der Waals surface area contributed by atoms with E-state index in [4.69, 9.17) is 0 Å². The lowest BCUT2D eigenvalue weighted by molar-refractivity contribution is 1.27. The van der Waals surface area contributed by atoms with Gasteiger partial charge in [-0.05, 0) is 189 Å². The molecule has 12 rings (SSSR count). The first-order valence-electron chi connectivity index (χ1n) is 23.0. The van der Waals surface area contributed by atoms with E-state index in [9.17, 15) is 0 Å². The van der Waals surface area contributed by atoms with Crippen LogP contribution >= 0.6 is 0 Å². The van der Waals surface area contributed by atoms with Crippen LogP contribution in [0.4, 0.5) is 34.1 Å². The summed E-state index contributed by atoms with van der Waals surface area (Å²) in [4.78, 5) is 4.86. The Morgan fingerprint density at radius 1 is 0.227 bits per heavy atom. The Morgan fingerprint density at radius 2 is 0.545 bits per heavy atom. The number of hydrogen-bond donors (Lipinski definition) is 0. The predicted octanol–water partition coefficient (Wildman–Crippen LogP) is 18.4. The maximum atomic E-state index is 2.48. The van der Waals surface area contributed by atoms with Crippen molar-refractivity contribution in [3.63, 3.8) is 0 Å². The Balaban J connectivity index is 1.25. The molecule has 0 N–H and O–H groups in total. The van der Waals surface area contributed by atoms with Gasteiger partial charge in [0.15, 0.2) is 0 Å². The number of rotatable bonds is 8. The fourth-order valence-electron chi connectivity index (χ4n) is 10.3. The highest BCUT2D eigenvalue weighted by Crippen LogP contribution is 2.51. The minimum Gasteiger partial charge on any atom is -0.310 e. The zero-order valence-electron chi connectivity index (χ0n) is 37.7. The molecule has 0 atom stereocenters. The molecule has 2 nitrogen and oxygen atoms in total. The second-order valence-corrected chi connectivity index (χ2v) is 18.1. The molecule has 0 spiro atoms. The van der Waals surface area contributed by atoms with Gasteiger partial charge in [-0.3, -0.25) is 0 Å². The summed E-state index contributed by atoms with van der Waals surface area (Å²) in [6, 6.07) is 81.6. The van der Waals surface area contributed by atoms with Crippen LogP contribution in [-0.2, 0) is 0 Å². The molecule has 0 amide bonds. The number of hydrogen-bond acceptors (Lipinski definition) is 2. The van der Waals surface area contributed by atoms with Crippen LogP contribution in [0.2, 0.25) is 0 Å². The van der Waals surface area contributed by atoms with Crippen molar-refractivity contribution in [3.8, 4) is 22.3 Å². The van der Waals surface area contributed by atoms with E-state index in [1.54, 1.807) is 0 Å². The largest absolute Gasteiger partial charge is 0.310 e. The van der Waals surface area contributed by atoms with Gasteiger partial charge in [0.25, 0.3) is 0 Å². The van der Waals surface area contributed by atoms with E-state index < -0.39 is 0 Å². The van der Waals surface area contributed by atoms with Crippen LogP contribution in [0.3, 0.4) is 0 Å². The molecule has 0 aliphatic rings. The Kier molecular flexibility index (Phi) is 9.43. The summed E-state index contributed by atoms with van der Waals surface area (Å²) in [5, 5.41) is 12.3. The SMILES string of the molecule is Cc1ccc(N(c2ccc(C)cc2)c2cc3cc(-c4cccc5ccccc45)c4cc(N(c5ccc(C)cc5)c5ccc(C)cc5)cc5cc(-c6cccc7ccccc67)c(c2)c3c54)cc1. The maximum absolute atomic E-state index is 2.48. The van der Waals surface area contributed by atoms with Crippen molar-refractivity contribution in [1.29, 1.82) is 0 Å². The van der Waals surface area contributed by atoms with Gasteiger partial charge in [-0.15, -0.1) is 0 Å². The smallest absolute Gasteiger partial charge is 0.0474 e. The average Bonchev–Trinajstić information content (AvgIpc) is 3.35. The summed E-state index contributed by atoms with van der Waals surface area (Å²) in [6.07, 6.45) is 0. The van der Waals surface area contributed by atoms with Crippen LogP contribution in [0.1, 0.15) is 22.3 Å². The fraction of sp³-hybridized carbons (Fsp3) is 0.0625. The molecule has 0 aliphatic carbocycles. The summed E-state index contributed by atoms with van der Waals surface area (Å²) < 4.78 is 0. The van der Waals surface area contributed by atoms with Crippen LogP contribution in [-0.4, -0.2) is 0 Å². The fourth-order valence-corrected chi connectivity index (χ4v) is 10.3. The van der Waals surface area contributed by atoms with Gasteiger partial charge in [-0.25, -0.2) is 0 Å². The zero-order chi connectivity index (χ0) is 44.5. The van der Waals surface area contributed by atoms with Crippen LogP contribution < -0.4 is 9.80 Å². The van der Waals surface area contributed by atoms with Crippen LogP contribution in [0.15, 0.2) is 218 Å². The highest BCUT2D eigenvalue weighted by atomic mass is 15.1. The molecule has 0 radical (unpaired) electrons. The highest BCUT2D eigenvalue weighted by molar-refractivity contribution is 6.31. The lowest BCUT2D eigenvalue weighted by atomic mass is 9.83. The molecular formula is C64H48N2. The van der Waals surface area contributed by atoms with E-state index in [1.807, 2.05) is 0 Å². The third-order valence-electron chi connectivity index (χ3n) is 13.6. The molecule has 0 bridgehead atoms. The monoisotopic (exact) mass is 844 g/mol.